The molecular formula is C27H44O3. The summed E-state index contributed by atoms with van der Waals surface area (Å²) < 4.78 is 0. The number of hydrogen-bond acceptors (Lipinski definition) is 3. The molecule has 3 nitrogen and oxygen atoms in total. The van der Waals surface area contributed by atoms with Crippen LogP contribution in [0.5, 0.6) is 0 Å². The van der Waals surface area contributed by atoms with Crippen LogP contribution in [0.2, 0.25) is 0 Å². The Bertz CT molecular complexity index is 671. The highest BCUT2D eigenvalue weighted by Gasteiger charge is 2.50. The number of rotatable bonds is 5. The minimum absolute atomic E-state index is 0.152. The van der Waals surface area contributed by atoms with Gasteiger partial charge < -0.3 is 15.3 Å². The first-order valence-electron chi connectivity index (χ1n) is 12.2. The third-order valence-electron chi connectivity index (χ3n) is 8.56. The molecule has 3 rings (SSSR count). The van der Waals surface area contributed by atoms with Gasteiger partial charge in [0, 0.05) is 5.92 Å². The quantitative estimate of drug-likeness (QED) is 0.514. The van der Waals surface area contributed by atoms with Crippen LogP contribution in [0, 0.1) is 29.1 Å². The lowest BCUT2D eigenvalue weighted by Crippen LogP contribution is -2.35. The number of hydrogen-bond donors (Lipinski definition) is 3. The van der Waals surface area contributed by atoms with Crippen molar-refractivity contribution in [1.29, 1.82) is 0 Å². The molecule has 1 unspecified atom stereocenters. The van der Waals surface area contributed by atoms with Crippen molar-refractivity contribution in [3.05, 3.63) is 35.5 Å². The van der Waals surface area contributed by atoms with Gasteiger partial charge in [0.2, 0.25) is 0 Å². The molecule has 0 radical (unpaired) electrons. The summed E-state index contributed by atoms with van der Waals surface area (Å²) in [5.41, 5.74) is 2.43. The van der Waals surface area contributed by atoms with Gasteiger partial charge in [0.15, 0.2) is 0 Å². The van der Waals surface area contributed by atoms with Gasteiger partial charge in [-0.3, -0.25) is 0 Å². The number of fused-ring (bicyclic) bond motifs is 1. The lowest BCUT2D eigenvalue weighted by atomic mass is 9.61. The molecule has 0 bridgehead atoms. The van der Waals surface area contributed by atoms with Crippen LogP contribution in [0.15, 0.2) is 35.5 Å². The van der Waals surface area contributed by atoms with Crippen LogP contribution in [0.3, 0.4) is 0 Å². The molecule has 3 saturated carbocycles. The van der Waals surface area contributed by atoms with Crippen molar-refractivity contribution in [2.45, 2.75) is 104 Å². The van der Waals surface area contributed by atoms with Crippen LogP contribution >= 0.6 is 0 Å². The van der Waals surface area contributed by atoms with Crippen LogP contribution in [-0.4, -0.2) is 33.1 Å². The second-order valence-corrected chi connectivity index (χ2v) is 11.3. The summed E-state index contributed by atoms with van der Waals surface area (Å²) >= 11 is 0. The number of aliphatic hydroxyl groups is 3. The number of aliphatic hydroxyl groups excluding tert-OH is 2. The minimum atomic E-state index is -0.674. The lowest BCUT2D eigenvalue weighted by Gasteiger charge is -2.44. The topological polar surface area (TPSA) is 60.7 Å². The number of allylic oxidation sites excluding steroid dienone is 4. The Morgan fingerprint density at radius 1 is 1.03 bits per heavy atom. The van der Waals surface area contributed by atoms with Gasteiger partial charge in [-0.25, -0.2) is 0 Å². The predicted octanol–water partition coefficient (Wildman–Crippen LogP) is 5.56. The van der Waals surface area contributed by atoms with Gasteiger partial charge in [0.05, 0.1) is 17.8 Å². The Morgan fingerprint density at radius 2 is 1.70 bits per heavy atom. The largest absolute Gasteiger partial charge is 0.393 e. The van der Waals surface area contributed by atoms with Gasteiger partial charge in [0.25, 0.3) is 0 Å². The molecule has 0 heterocycles. The van der Waals surface area contributed by atoms with Crippen LogP contribution in [-0.2, 0) is 0 Å². The molecule has 3 fully saturated rings. The molecule has 3 N–H and O–H groups in total. The van der Waals surface area contributed by atoms with Crippen LogP contribution in [0.25, 0.3) is 0 Å². The fourth-order valence-corrected chi connectivity index (χ4v) is 6.39. The molecular weight excluding hydrogens is 372 g/mol. The van der Waals surface area contributed by atoms with E-state index in [1.807, 2.05) is 13.8 Å². The molecule has 30 heavy (non-hydrogen) atoms. The van der Waals surface area contributed by atoms with E-state index in [1.54, 1.807) is 5.57 Å². The van der Waals surface area contributed by atoms with E-state index >= 15 is 0 Å². The van der Waals surface area contributed by atoms with E-state index in [0.29, 0.717) is 42.4 Å². The fourth-order valence-electron chi connectivity index (χ4n) is 6.39. The molecule has 7 atom stereocenters. The highest BCUT2D eigenvalue weighted by molar-refractivity contribution is 5.26. The lowest BCUT2D eigenvalue weighted by molar-refractivity contribution is 0.0436. The second-order valence-electron chi connectivity index (χ2n) is 11.3. The zero-order valence-electron chi connectivity index (χ0n) is 19.8. The standard InChI is InChI=1S/C27H44O3/c1-18(8-9-19(2)26(3,4)30)24-12-13-25-21(7-6-14-27(24,25)5)11-10-20-15-22(28)17-23(29)16-20/h8-11,18-19,22-25,28-30H,6-7,12-17H2,1-5H3/b9-8+,21-11+/t18-,19+,22-,23-,24?,25+,27-/m1/s1. The monoisotopic (exact) mass is 416 g/mol. The van der Waals surface area contributed by atoms with Gasteiger partial charge in [-0.2, -0.15) is 0 Å². The van der Waals surface area contributed by atoms with Crippen LogP contribution < -0.4 is 0 Å². The average molecular weight is 417 g/mol. The summed E-state index contributed by atoms with van der Waals surface area (Å²) in [5, 5.41) is 30.2. The van der Waals surface area contributed by atoms with Crippen LogP contribution in [0.1, 0.15) is 86.0 Å². The molecule has 3 aliphatic rings. The first-order chi connectivity index (χ1) is 14.0. The highest BCUT2D eigenvalue weighted by Crippen LogP contribution is 2.59. The molecule has 3 aliphatic carbocycles. The Balaban J connectivity index is 1.73. The molecule has 0 aromatic carbocycles. The zero-order chi connectivity index (χ0) is 22.1. The van der Waals surface area contributed by atoms with Gasteiger partial charge in [0.1, 0.15) is 0 Å². The Morgan fingerprint density at radius 3 is 2.33 bits per heavy atom. The van der Waals surface area contributed by atoms with Crippen molar-refractivity contribution >= 4 is 0 Å². The van der Waals surface area contributed by atoms with Crippen LogP contribution in [0.4, 0.5) is 0 Å². The molecule has 0 saturated heterocycles. The van der Waals surface area contributed by atoms with E-state index in [0.717, 1.165) is 0 Å². The fraction of sp³-hybridized carbons (Fsp3) is 0.778. The summed E-state index contributed by atoms with van der Waals surface area (Å²) in [7, 11) is 0. The zero-order valence-corrected chi connectivity index (χ0v) is 19.8. The maximum absolute atomic E-state index is 10.2. The summed E-state index contributed by atoms with van der Waals surface area (Å²) in [4.78, 5) is 0. The van der Waals surface area contributed by atoms with Gasteiger partial charge in [-0.05, 0) is 88.4 Å². The van der Waals surface area contributed by atoms with Crippen molar-refractivity contribution < 1.29 is 15.3 Å². The minimum Gasteiger partial charge on any atom is -0.393 e. The average Bonchev–Trinajstić information content (AvgIpc) is 3.00. The van der Waals surface area contributed by atoms with Gasteiger partial charge in [-0.1, -0.05) is 56.2 Å². The Hall–Kier alpha value is -0.900. The maximum atomic E-state index is 10.2. The second kappa shape index (κ2) is 9.30. The van der Waals surface area contributed by atoms with E-state index in [4.69, 9.17) is 0 Å². The smallest absolute Gasteiger partial charge is 0.0651 e. The SMILES string of the molecule is C[C@H](/C=C/[C@H](C)C(C)(C)O)C1CC[C@H]2/C(=C/C=C3C[C@@H](O)C[C@H](O)C3)CCC[C@]12C. The van der Waals surface area contributed by atoms with E-state index in [1.165, 1.54) is 37.7 Å². The molecule has 0 aliphatic heterocycles. The van der Waals surface area contributed by atoms with Crippen molar-refractivity contribution in [3.8, 4) is 0 Å². The van der Waals surface area contributed by atoms with Crippen molar-refractivity contribution in [2.24, 2.45) is 29.1 Å². The summed E-state index contributed by atoms with van der Waals surface area (Å²) in [5.74, 6) is 2.00. The molecule has 0 spiro atoms. The molecule has 3 heteroatoms. The first kappa shape index (κ1) is 23.8. The van der Waals surface area contributed by atoms with E-state index < -0.39 is 17.8 Å². The third kappa shape index (κ3) is 5.29. The molecule has 0 amide bonds. The Kier molecular flexibility index (Phi) is 7.37. The highest BCUT2D eigenvalue weighted by atomic mass is 16.3. The summed E-state index contributed by atoms with van der Waals surface area (Å²) in [6.07, 6.45) is 16.5. The van der Waals surface area contributed by atoms with E-state index in [2.05, 4.69) is 45.1 Å². The van der Waals surface area contributed by atoms with Gasteiger partial charge >= 0.3 is 0 Å². The van der Waals surface area contributed by atoms with E-state index in [-0.39, 0.29) is 5.92 Å². The van der Waals surface area contributed by atoms with E-state index in [9.17, 15) is 15.3 Å². The van der Waals surface area contributed by atoms with Crippen molar-refractivity contribution in [3.63, 3.8) is 0 Å². The summed E-state index contributed by atoms with van der Waals surface area (Å²) in [6, 6.07) is 0. The first-order valence-corrected chi connectivity index (χ1v) is 12.2. The predicted molar refractivity (Wildman–Crippen MR) is 124 cm³/mol. The van der Waals surface area contributed by atoms with Crippen molar-refractivity contribution in [1.82, 2.24) is 0 Å². The van der Waals surface area contributed by atoms with Crippen molar-refractivity contribution in [2.75, 3.05) is 0 Å². The molecule has 0 aromatic rings. The maximum Gasteiger partial charge on any atom is 0.0651 e. The summed E-state index contributed by atoms with van der Waals surface area (Å²) in [6.45, 7) is 10.7. The normalized spacial score (nSPS) is 38.7. The third-order valence-corrected chi connectivity index (χ3v) is 8.56. The van der Waals surface area contributed by atoms with Gasteiger partial charge in [-0.15, -0.1) is 0 Å². The molecule has 0 aromatic heterocycles. The Labute approximate surface area is 184 Å². The molecule has 170 valence electrons.